The summed E-state index contributed by atoms with van der Waals surface area (Å²) in [5.74, 6) is 1.16. The highest BCUT2D eigenvalue weighted by atomic mass is 15.4. The van der Waals surface area contributed by atoms with Gasteiger partial charge in [-0.05, 0) is 32.8 Å². The lowest BCUT2D eigenvalue weighted by molar-refractivity contribution is 0.715. The zero-order valence-corrected chi connectivity index (χ0v) is 13.7. The van der Waals surface area contributed by atoms with Crippen molar-refractivity contribution in [3.63, 3.8) is 0 Å². The standard InChI is InChI=1S/C17H26N4/c1-12-6-8-15(9-7-12)11-20(4)17-16(10-13(2)18)14(3)19-21(17)5/h6-9,13H,10-11,18H2,1-5H3. The van der Waals surface area contributed by atoms with Crippen LogP contribution in [0.2, 0.25) is 0 Å². The molecule has 114 valence electrons. The Morgan fingerprint density at radius 3 is 2.43 bits per heavy atom. The first kappa shape index (κ1) is 15.6. The summed E-state index contributed by atoms with van der Waals surface area (Å²) in [6.07, 6.45) is 0.854. The number of anilines is 1. The summed E-state index contributed by atoms with van der Waals surface area (Å²) in [5.41, 5.74) is 10.9. The highest BCUT2D eigenvalue weighted by Gasteiger charge is 2.18. The quantitative estimate of drug-likeness (QED) is 0.919. The van der Waals surface area contributed by atoms with Gasteiger partial charge in [0.15, 0.2) is 0 Å². The first-order chi connectivity index (χ1) is 9.88. The van der Waals surface area contributed by atoms with Gasteiger partial charge in [0.1, 0.15) is 5.82 Å². The molecule has 1 atom stereocenters. The Balaban J connectivity index is 2.25. The Hall–Kier alpha value is -1.81. The summed E-state index contributed by atoms with van der Waals surface area (Å²) in [6.45, 7) is 7.07. The maximum absolute atomic E-state index is 5.99. The number of aryl methyl sites for hydroxylation is 3. The van der Waals surface area contributed by atoms with Gasteiger partial charge in [0.2, 0.25) is 0 Å². The van der Waals surface area contributed by atoms with Gasteiger partial charge in [-0.1, -0.05) is 29.8 Å². The van der Waals surface area contributed by atoms with Gasteiger partial charge in [-0.3, -0.25) is 4.68 Å². The second-order valence-electron chi connectivity index (χ2n) is 6.03. The minimum Gasteiger partial charge on any atom is -0.355 e. The van der Waals surface area contributed by atoms with Gasteiger partial charge in [-0.15, -0.1) is 0 Å². The third-order valence-electron chi connectivity index (χ3n) is 3.74. The fourth-order valence-electron chi connectivity index (χ4n) is 2.77. The number of nitrogens with two attached hydrogens (primary N) is 1. The summed E-state index contributed by atoms with van der Waals surface area (Å²) in [4.78, 5) is 2.25. The first-order valence-electron chi connectivity index (χ1n) is 7.43. The Kier molecular flexibility index (Phi) is 4.68. The minimum absolute atomic E-state index is 0.138. The van der Waals surface area contributed by atoms with Crippen LogP contribution < -0.4 is 10.6 Å². The molecule has 0 amide bonds. The van der Waals surface area contributed by atoms with Crippen LogP contribution in [0.5, 0.6) is 0 Å². The Labute approximate surface area is 127 Å². The van der Waals surface area contributed by atoms with Gasteiger partial charge in [0.25, 0.3) is 0 Å². The molecule has 4 heteroatoms. The normalized spacial score (nSPS) is 12.5. The van der Waals surface area contributed by atoms with Crippen molar-refractivity contribution in [3.05, 3.63) is 46.6 Å². The summed E-state index contributed by atoms with van der Waals surface area (Å²) in [7, 11) is 4.11. The molecule has 0 aliphatic carbocycles. The predicted molar refractivity (Wildman–Crippen MR) is 88.6 cm³/mol. The summed E-state index contributed by atoms with van der Waals surface area (Å²) in [5, 5.41) is 4.56. The molecule has 0 fully saturated rings. The van der Waals surface area contributed by atoms with Gasteiger partial charge in [-0.25, -0.2) is 0 Å². The van der Waals surface area contributed by atoms with Crippen molar-refractivity contribution in [3.8, 4) is 0 Å². The van der Waals surface area contributed by atoms with E-state index < -0.39 is 0 Å². The van der Waals surface area contributed by atoms with Crippen LogP contribution in [-0.4, -0.2) is 22.9 Å². The van der Waals surface area contributed by atoms with Crippen LogP contribution in [0.1, 0.15) is 29.3 Å². The minimum atomic E-state index is 0.138. The third-order valence-corrected chi connectivity index (χ3v) is 3.74. The van der Waals surface area contributed by atoms with Crippen molar-refractivity contribution in [2.24, 2.45) is 12.8 Å². The molecule has 2 aromatic rings. The van der Waals surface area contributed by atoms with Crippen LogP contribution in [0, 0.1) is 13.8 Å². The molecule has 0 aliphatic rings. The van der Waals surface area contributed by atoms with E-state index in [0.29, 0.717) is 0 Å². The number of nitrogens with zero attached hydrogens (tertiary/aromatic N) is 3. The summed E-state index contributed by atoms with van der Waals surface area (Å²) < 4.78 is 1.96. The second kappa shape index (κ2) is 6.31. The van der Waals surface area contributed by atoms with E-state index in [4.69, 9.17) is 5.73 Å². The van der Waals surface area contributed by atoms with E-state index in [1.165, 1.54) is 16.7 Å². The molecule has 0 aliphatic heterocycles. The molecular formula is C17H26N4. The molecule has 21 heavy (non-hydrogen) atoms. The van der Waals surface area contributed by atoms with Crippen LogP contribution in [0.4, 0.5) is 5.82 Å². The molecule has 2 rings (SSSR count). The second-order valence-corrected chi connectivity index (χ2v) is 6.03. The SMILES string of the molecule is Cc1ccc(CN(C)c2c(CC(C)N)c(C)nn2C)cc1. The van der Waals surface area contributed by atoms with Crippen molar-refractivity contribution in [1.82, 2.24) is 9.78 Å². The number of benzene rings is 1. The van der Waals surface area contributed by atoms with E-state index in [1.54, 1.807) is 0 Å². The Bertz CT molecular complexity index is 596. The van der Waals surface area contributed by atoms with E-state index in [2.05, 4.69) is 55.2 Å². The topological polar surface area (TPSA) is 47.1 Å². The van der Waals surface area contributed by atoms with Crippen molar-refractivity contribution >= 4 is 5.82 Å². The van der Waals surface area contributed by atoms with E-state index in [1.807, 2.05) is 18.7 Å². The van der Waals surface area contributed by atoms with Gasteiger partial charge < -0.3 is 10.6 Å². The van der Waals surface area contributed by atoms with Crippen LogP contribution >= 0.6 is 0 Å². The highest BCUT2D eigenvalue weighted by Crippen LogP contribution is 2.25. The van der Waals surface area contributed by atoms with Crippen molar-refractivity contribution in [2.45, 2.75) is 39.8 Å². The lowest BCUT2D eigenvalue weighted by atomic mass is 10.1. The van der Waals surface area contributed by atoms with Gasteiger partial charge in [-0.2, -0.15) is 5.10 Å². The van der Waals surface area contributed by atoms with Crippen LogP contribution in [-0.2, 0) is 20.0 Å². The maximum Gasteiger partial charge on any atom is 0.130 e. The molecule has 2 N–H and O–H groups in total. The van der Waals surface area contributed by atoms with Crippen molar-refractivity contribution in [1.29, 1.82) is 0 Å². The number of rotatable bonds is 5. The lowest BCUT2D eigenvalue weighted by Gasteiger charge is -2.22. The first-order valence-corrected chi connectivity index (χ1v) is 7.43. The fraction of sp³-hybridized carbons (Fsp3) is 0.471. The Morgan fingerprint density at radius 1 is 1.24 bits per heavy atom. The number of aromatic nitrogens is 2. The van der Waals surface area contributed by atoms with Gasteiger partial charge >= 0.3 is 0 Å². The molecule has 0 radical (unpaired) electrons. The molecule has 0 saturated carbocycles. The molecule has 1 aromatic carbocycles. The van der Waals surface area contributed by atoms with E-state index >= 15 is 0 Å². The number of hydrogen-bond acceptors (Lipinski definition) is 3. The molecule has 0 bridgehead atoms. The smallest absolute Gasteiger partial charge is 0.130 e. The molecule has 1 heterocycles. The van der Waals surface area contributed by atoms with Gasteiger partial charge in [0, 0.05) is 32.2 Å². The highest BCUT2D eigenvalue weighted by molar-refractivity contribution is 5.50. The van der Waals surface area contributed by atoms with Crippen molar-refractivity contribution in [2.75, 3.05) is 11.9 Å². The molecule has 0 spiro atoms. The molecule has 1 aromatic heterocycles. The Morgan fingerprint density at radius 2 is 1.86 bits per heavy atom. The van der Waals surface area contributed by atoms with Crippen LogP contribution in [0.3, 0.4) is 0 Å². The molecule has 0 saturated heterocycles. The maximum atomic E-state index is 5.99. The molecular weight excluding hydrogens is 260 g/mol. The predicted octanol–water partition coefficient (Wildman–Crippen LogP) is 2.56. The zero-order valence-electron chi connectivity index (χ0n) is 13.7. The fourth-order valence-corrected chi connectivity index (χ4v) is 2.77. The monoisotopic (exact) mass is 286 g/mol. The summed E-state index contributed by atoms with van der Waals surface area (Å²) >= 11 is 0. The summed E-state index contributed by atoms with van der Waals surface area (Å²) in [6, 6.07) is 8.81. The van der Waals surface area contributed by atoms with Crippen molar-refractivity contribution < 1.29 is 0 Å². The zero-order chi connectivity index (χ0) is 15.6. The van der Waals surface area contributed by atoms with Crippen LogP contribution in [0.15, 0.2) is 24.3 Å². The third kappa shape index (κ3) is 3.64. The molecule has 4 nitrogen and oxygen atoms in total. The van der Waals surface area contributed by atoms with E-state index in [9.17, 15) is 0 Å². The average Bonchev–Trinajstić information content (AvgIpc) is 2.66. The van der Waals surface area contributed by atoms with Gasteiger partial charge in [0.05, 0.1) is 5.69 Å². The van der Waals surface area contributed by atoms with E-state index in [-0.39, 0.29) is 6.04 Å². The van der Waals surface area contributed by atoms with E-state index in [0.717, 1.165) is 24.5 Å². The van der Waals surface area contributed by atoms with Crippen LogP contribution in [0.25, 0.3) is 0 Å². The average molecular weight is 286 g/mol. The molecule has 1 unspecified atom stereocenters. The number of hydrogen-bond donors (Lipinski definition) is 1. The lowest BCUT2D eigenvalue weighted by Crippen LogP contribution is -2.23. The largest absolute Gasteiger partial charge is 0.355 e.